The fourth-order valence-corrected chi connectivity index (χ4v) is 3.48. The Kier molecular flexibility index (Phi) is 4.11. The number of carbonyl (C=O) groups is 1. The number of H-pyrrole nitrogens is 1. The van der Waals surface area contributed by atoms with Gasteiger partial charge in [0.25, 0.3) is 5.91 Å². The highest BCUT2D eigenvalue weighted by Crippen LogP contribution is 2.31. The molecule has 0 aliphatic carbocycles. The largest absolute Gasteiger partial charge is 0.486 e. The number of aromatic nitrogens is 2. The Morgan fingerprint density at radius 1 is 1.25 bits per heavy atom. The van der Waals surface area contributed by atoms with Crippen LogP contribution < -0.4 is 9.47 Å². The summed E-state index contributed by atoms with van der Waals surface area (Å²) in [5.74, 6) is 1.92. The van der Waals surface area contributed by atoms with Gasteiger partial charge in [-0.05, 0) is 49.4 Å². The number of rotatable bonds is 3. The summed E-state index contributed by atoms with van der Waals surface area (Å²) in [6.07, 6.45) is 4.89. The lowest BCUT2D eigenvalue weighted by molar-refractivity contribution is 0.0671. The third-order valence-corrected chi connectivity index (χ3v) is 4.66. The molecule has 0 bridgehead atoms. The molecule has 1 saturated heterocycles. The number of amides is 1. The first-order valence-electron chi connectivity index (χ1n) is 8.47. The van der Waals surface area contributed by atoms with Crippen LogP contribution in [0.5, 0.6) is 11.5 Å². The van der Waals surface area contributed by atoms with Crippen molar-refractivity contribution in [3.05, 3.63) is 41.7 Å². The molecule has 4 rings (SSSR count). The van der Waals surface area contributed by atoms with Crippen LogP contribution in [-0.4, -0.2) is 47.3 Å². The van der Waals surface area contributed by atoms with Gasteiger partial charge >= 0.3 is 0 Å². The molecule has 1 N–H and O–H groups in total. The maximum Gasteiger partial charge on any atom is 0.254 e. The fourth-order valence-electron chi connectivity index (χ4n) is 3.48. The number of hydrogen-bond acceptors (Lipinski definition) is 4. The predicted octanol–water partition coefficient (Wildman–Crippen LogP) is 2.28. The van der Waals surface area contributed by atoms with Gasteiger partial charge in [0.1, 0.15) is 13.2 Å². The summed E-state index contributed by atoms with van der Waals surface area (Å²) in [6.45, 7) is 2.68. The zero-order valence-corrected chi connectivity index (χ0v) is 13.5. The molecule has 1 atom stereocenters. The number of piperidine rings is 1. The van der Waals surface area contributed by atoms with Crippen LogP contribution in [0.3, 0.4) is 0 Å². The first kappa shape index (κ1) is 15.1. The van der Waals surface area contributed by atoms with Crippen LogP contribution in [0.1, 0.15) is 28.9 Å². The number of fused-ring (bicyclic) bond motifs is 1. The minimum atomic E-state index is 0.0706. The monoisotopic (exact) mass is 327 g/mol. The molecule has 3 heterocycles. The summed E-state index contributed by atoms with van der Waals surface area (Å²) in [6, 6.07) is 7.46. The molecule has 1 fully saturated rings. The van der Waals surface area contributed by atoms with E-state index in [-0.39, 0.29) is 5.91 Å². The van der Waals surface area contributed by atoms with Crippen LogP contribution in [0.4, 0.5) is 0 Å². The first-order chi connectivity index (χ1) is 11.8. The average Bonchev–Trinajstić information content (AvgIpc) is 3.14. The van der Waals surface area contributed by atoms with Gasteiger partial charge in [-0.25, -0.2) is 0 Å². The Balaban J connectivity index is 1.45. The number of likely N-dealkylation sites (tertiary alicyclic amines) is 1. The molecule has 126 valence electrons. The van der Waals surface area contributed by atoms with Gasteiger partial charge in [-0.15, -0.1) is 0 Å². The van der Waals surface area contributed by atoms with Crippen LogP contribution in [0.2, 0.25) is 0 Å². The van der Waals surface area contributed by atoms with Gasteiger partial charge < -0.3 is 14.4 Å². The molecule has 1 aromatic carbocycles. The molecule has 1 amide bonds. The lowest BCUT2D eigenvalue weighted by Crippen LogP contribution is -2.40. The molecule has 2 aromatic rings. The number of benzene rings is 1. The van der Waals surface area contributed by atoms with Crippen LogP contribution in [0.15, 0.2) is 30.5 Å². The topological polar surface area (TPSA) is 67.5 Å². The summed E-state index contributed by atoms with van der Waals surface area (Å²) >= 11 is 0. The number of nitrogens with one attached hydrogen (secondary N) is 1. The molecule has 6 nitrogen and oxygen atoms in total. The number of ether oxygens (including phenoxy) is 2. The predicted molar refractivity (Wildman–Crippen MR) is 88.4 cm³/mol. The highest BCUT2D eigenvalue weighted by Gasteiger charge is 2.26. The summed E-state index contributed by atoms with van der Waals surface area (Å²) in [5, 5.41) is 7.01. The van der Waals surface area contributed by atoms with Crippen molar-refractivity contribution in [3.8, 4) is 11.5 Å². The number of nitrogens with zero attached hydrogens (tertiary/aromatic N) is 2. The summed E-state index contributed by atoms with van der Waals surface area (Å²) in [5.41, 5.74) is 1.80. The van der Waals surface area contributed by atoms with Crippen molar-refractivity contribution < 1.29 is 14.3 Å². The van der Waals surface area contributed by atoms with Crippen LogP contribution in [0, 0.1) is 5.92 Å². The maximum atomic E-state index is 12.8. The van der Waals surface area contributed by atoms with Crippen molar-refractivity contribution in [2.24, 2.45) is 5.92 Å². The third kappa shape index (κ3) is 3.09. The Morgan fingerprint density at radius 3 is 2.96 bits per heavy atom. The second kappa shape index (κ2) is 6.55. The molecule has 0 unspecified atom stereocenters. The molecule has 24 heavy (non-hydrogen) atoms. The van der Waals surface area contributed by atoms with Crippen molar-refractivity contribution in [1.29, 1.82) is 0 Å². The van der Waals surface area contributed by atoms with E-state index in [9.17, 15) is 4.79 Å². The van der Waals surface area contributed by atoms with Gasteiger partial charge in [0, 0.05) is 30.5 Å². The summed E-state index contributed by atoms with van der Waals surface area (Å²) < 4.78 is 11.1. The molecule has 0 spiro atoms. The van der Waals surface area contributed by atoms with Gasteiger partial charge in [-0.1, -0.05) is 0 Å². The number of aromatic amines is 1. The Hall–Kier alpha value is -2.50. The molecular weight excluding hydrogens is 306 g/mol. The SMILES string of the molecule is O=C(c1ccc2c(c1)OCCO2)N1CCC[C@@H](Cc2ccn[nH]2)C1. The Morgan fingerprint density at radius 2 is 2.12 bits per heavy atom. The van der Waals surface area contributed by atoms with Crippen molar-refractivity contribution in [1.82, 2.24) is 15.1 Å². The third-order valence-electron chi connectivity index (χ3n) is 4.66. The zero-order chi connectivity index (χ0) is 16.4. The second-order valence-electron chi connectivity index (χ2n) is 6.40. The fraction of sp³-hybridized carbons (Fsp3) is 0.444. The van der Waals surface area contributed by atoms with Gasteiger partial charge in [0.2, 0.25) is 0 Å². The average molecular weight is 327 g/mol. The van der Waals surface area contributed by atoms with E-state index in [4.69, 9.17) is 9.47 Å². The van der Waals surface area contributed by atoms with Crippen LogP contribution in [0.25, 0.3) is 0 Å². The van der Waals surface area contributed by atoms with E-state index in [2.05, 4.69) is 10.2 Å². The van der Waals surface area contributed by atoms with E-state index < -0.39 is 0 Å². The molecule has 0 radical (unpaired) electrons. The van der Waals surface area contributed by atoms with Gasteiger partial charge in [-0.3, -0.25) is 9.89 Å². The molecule has 1 aromatic heterocycles. The van der Waals surface area contributed by atoms with E-state index in [1.165, 1.54) is 0 Å². The second-order valence-corrected chi connectivity index (χ2v) is 6.40. The van der Waals surface area contributed by atoms with Crippen molar-refractivity contribution in [3.63, 3.8) is 0 Å². The number of carbonyl (C=O) groups excluding carboxylic acids is 1. The van der Waals surface area contributed by atoms with Crippen molar-refractivity contribution in [2.45, 2.75) is 19.3 Å². The van der Waals surface area contributed by atoms with E-state index in [0.717, 1.165) is 38.0 Å². The molecular formula is C18H21N3O3. The van der Waals surface area contributed by atoms with Crippen LogP contribution >= 0.6 is 0 Å². The van der Waals surface area contributed by atoms with E-state index in [1.54, 1.807) is 12.3 Å². The minimum absolute atomic E-state index is 0.0706. The lowest BCUT2D eigenvalue weighted by atomic mass is 9.93. The van der Waals surface area contributed by atoms with Crippen LogP contribution in [-0.2, 0) is 6.42 Å². The van der Waals surface area contributed by atoms with E-state index in [0.29, 0.717) is 36.2 Å². The molecule has 2 aliphatic heterocycles. The quantitative estimate of drug-likeness (QED) is 0.939. The van der Waals surface area contributed by atoms with Crippen molar-refractivity contribution in [2.75, 3.05) is 26.3 Å². The van der Waals surface area contributed by atoms with E-state index in [1.807, 2.05) is 23.1 Å². The first-order valence-corrected chi connectivity index (χ1v) is 8.47. The highest BCUT2D eigenvalue weighted by atomic mass is 16.6. The Bertz CT molecular complexity index is 714. The summed E-state index contributed by atoms with van der Waals surface area (Å²) in [4.78, 5) is 14.8. The summed E-state index contributed by atoms with van der Waals surface area (Å²) in [7, 11) is 0. The van der Waals surface area contributed by atoms with Crippen molar-refractivity contribution >= 4 is 5.91 Å². The number of hydrogen-bond donors (Lipinski definition) is 1. The lowest BCUT2D eigenvalue weighted by Gasteiger charge is -2.33. The Labute approximate surface area is 140 Å². The minimum Gasteiger partial charge on any atom is -0.486 e. The van der Waals surface area contributed by atoms with E-state index >= 15 is 0 Å². The highest BCUT2D eigenvalue weighted by molar-refractivity contribution is 5.95. The van der Waals surface area contributed by atoms with Gasteiger partial charge in [0.05, 0.1) is 0 Å². The normalized spacial score (nSPS) is 20.0. The molecule has 6 heteroatoms. The van der Waals surface area contributed by atoms with Gasteiger partial charge in [-0.2, -0.15) is 5.10 Å². The standard InChI is InChI=1S/C18H21N3O3/c22-18(14-3-4-16-17(11-14)24-9-8-23-16)21-7-1-2-13(12-21)10-15-5-6-19-20-15/h3-6,11,13H,1-2,7-10,12H2,(H,19,20)/t13-/m0/s1. The smallest absolute Gasteiger partial charge is 0.254 e. The van der Waals surface area contributed by atoms with Gasteiger partial charge in [0.15, 0.2) is 11.5 Å². The maximum absolute atomic E-state index is 12.8. The molecule has 2 aliphatic rings. The molecule has 0 saturated carbocycles. The zero-order valence-electron chi connectivity index (χ0n) is 13.5.